The molecule has 1 saturated heterocycles. The number of hydrogen-bond acceptors (Lipinski definition) is 5. The Morgan fingerprint density at radius 3 is 2.35 bits per heavy atom. The second-order valence-corrected chi connectivity index (χ2v) is 6.46. The summed E-state index contributed by atoms with van der Waals surface area (Å²) in [6, 6.07) is 0. The lowest BCUT2D eigenvalue weighted by atomic mass is 10.1. The molecular weight excluding hydrogens is 250 g/mol. The molecule has 2 heterocycles. The Labute approximate surface area is 122 Å². The van der Waals surface area contributed by atoms with Crippen LogP contribution in [0.15, 0.2) is 6.20 Å². The third-order valence-corrected chi connectivity index (χ3v) is 3.95. The van der Waals surface area contributed by atoms with Crippen LogP contribution in [0.2, 0.25) is 0 Å². The highest BCUT2D eigenvalue weighted by atomic mass is 15.3. The van der Waals surface area contributed by atoms with Crippen molar-refractivity contribution in [3.8, 4) is 0 Å². The van der Waals surface area contributed by atoms with Crippen molar-refractivity contribution in [3.05, 3.63) is 17.5 Å². The van der Waals surface area contributed by atoms with Gasteiger partial charge in [0.15, 0.2) is 0 Å². The van der Waals surface area contributed by atoms with E-state index in [0.717, 1.165) is 44.4 Å². The van der Waals surface area contributed by atoms with Gasteiger partial charge in [0.05, 0.1) is 0 Å². The van der Waals surface area contributed by atoms with E-state index < -0.39 is 0 Å². The first-order chi connectivity index (χ1) is 9.41. The molecule has 5 nitrogen and oxygen atoms in total. The lowest BCUT2D eigenvalue weighted by Gasteiger charge is -2.42. The van der Waals surface area contributed by atoms with Crippen molar-refractivity contribution in [1.82, 2.24) is 20.2 Å². The van der Waals surface area contributed by atoms with E-state index >= 15 is 0 Å². The molecule has 112 valence electrons. The summed E-state index contributed by atoms with van der Waals surface area (Å²) in [5.74, 6) is 0.871. The first-order valence-electron chi connectivity index (χ1n) is 7.39. The van der Waals surface area contributed by atoms with Crippen molar-refractivity contribution < 1.29 is 0 Å². The highest BCUT2D eigenvalue weighted by molar-refractivity contribution is 5.33. The molecule has 20 heavy (non-hydrogen) atoms. The Bertz CT molecular complexity index is 444. The number of nitrogens with one attached hydrogen (secondary N) is 1. The maximum atomic E-state index is 4.66. The second kappa shape index (κ2) is 6.06. The standard InChI is InChI=1S/C15H27N5/c1-12-13(10-16-5)11-17-14(18-12)19-6-8-20(9-7-19)15(2,3)4/h11,16H,6-10H2,1-5H3. The van der Waals surface area contributed by atoms with Crippen molar-refractivity contribution in [3.63, 3.8) is 0 Å². The molecule has 2 rings (SSSR count). The van der Waals surface area contributed by atoms with Gasteiger partial charge in [-0.1, -0.05) is 0 Å². The van der Waals surface area contributed by atoms with Crippen LogP contribution in [0.3, 0.4) is 0 Å². The lowest BCUT2D eigenvalue weighted by molar-refractivity contribution is 0.128. The third kappa shape index (κ3) is 3.46. The van der Waals surface area contributed by atoms with Gasteiger partial charge in [-0.25, -0.2) is 9.97 Å². The minimum Gasteiger partial charge on any atom is -0.338 e. The fourth-order valence-electron chi connectivity index (χ4n) is 2.57. The van der Waals surface area contributed by atoms with Gasteiger partial charge < -0.3 is 10.2 Å². The van der Waals surface area contributed by atoms with Gasteiger partial charge in [0, 0.05) is 55.7 Å². The molecule has 0 atom stereocenters. The number of nitrogens with zero attached hydrogens (tertiary/aromatic N) is 4. The molecule has 0 unspecified atom stereocenters. The van der Waals surface area contributed by atoms with Crippen LogP contribution in [-0.4, -0.2) is 53.6 Å². The van der Waals surface area contributed by atoms with Gasteiger partial charge in [-0.2, -0.15) is 0 Å². The van der Waals surface area contributed by atoms with E-state index in [1.807, 2.05) is 13.2 Å². The lowest BCUT2D eigenvalue weighted by Crippen LogP contribution is -2.53. The number of anilines is 1. The quantitative estimate of drug-likeness (QED) is 0.905. The summed E-state index contributed by atoms with van der Waals surface area (Å²) < 4.78 is 0. The molecule has 1 fully saturated rings. The Balaban J connectivity index is 2.02. The van der Waals surface area contributed by atoms with Gasteiger partial charge >= 0.3 is 0 Å². The maximum Gasteiger partial charge on any atom is 0.225 e. The first-order valence-corrected chi connectivity index (χ1v) is 7.39. The van der Waals surface area contributed by atoms with Gasteiger partial charge in [-0.3, -0.25) is 4.90 Å². The first kappa shape index (κ1) is 15.2. The van der Waals surface area contributed by atoms with E-state index in [0.29, 0.717) is 0 Å². The fraction of sp³-hybridized carbons (Fsp3) is 0.733. The molecular formula is C15H27N5. The zero-order valence-electron chi connectivity index (χ0n) is 13.4. The Hall–Kier alpha value is -1.20. The molecule has 0 amide bonds. The SMILES string of the molecule is CNCc1cnc(N2CCN(C(C)(C)C)CC2)nc1C. The molecule has 5 heteroatoms. The van der Waals surface area contributed by atoms with E-state index in [-0.39, 0.29) is 5.54 Å². The predicted molar refractivity (Wildman–Crippen MR) is 83.1 cm³/mol. The topological polar surface area (TPSA) is 44.3 Å². The smallest absolute Gasteiger partial charge is 0.225 e. The highest BCUT2D eigenvalue weighted by Gasteiger charge is 2.26. The molecule has 1 N–H and O–H groups in total. The van der Waals surface area contributed by atoms with E-state index in [1.54, 1.807) is 0 Å². The van der Waals surface area contributed by atoms with Crippen LogP contribution in [0.4, 0.5) is 5.95 Å². The highest BCUT2D eigenvalue weighted by Crippen LogP contribution is 2.18. The number of aryl methyl sites for hydroxylation is 1. The van der Waals surface area contributed by atoms with Gasteiger partial charge in [0.2, 0.25) is 5.95 Å². The Morgan fingerprint density at radius 2 is 1.85 bits per heavy atom. The summed E-state index contributed by atoms with van der Waals surface area (Å²) in [5.41, 5.74) is 2.49. The van der Waals surface area contributed by atoms with Gasteiger partial charge in [0.1, 0.15) is 0 Å². The van der Waals surface area contributed by atoms with Crippen LogP contribution in [0.5, 0.6) is 0 Å². The summed E-state index contributed by atoms with van der Waals surface area (Å²) in [6.07, 6.45) is 1.95. The largest absolute Gasteiger partial charge is 0.338 e. The average Bonchev–Trinajstić information content (AvgIpc) is 2.40. The van der Waals surface area contributed by atoms with Crippen molar-refractivity contribution in [1.29, 1.82) is 0 Å². The summed E-state index contributed by atoms with van der Waals surface area (Å²) >= 11 is 0. The van der Waals surface area contributed by atoms with E-state index in [2.05, 4.69) is 52.8 Å². The minimum absolute atomic E-state index is 0.250. The number of rotatable bonds is 3. The predicted octanol–water partition coefficient (Wildman–Crippen LogP) is 1.42. The molecule has 0 aromatic carbocycles. The molecule has 1 aliphatic rings. The van der Waals surface area contributed by atoms with Crippen LogP contribution >= 0.6 is 0 Å². The molecule has 1 aromatic rings. The normalized spacial score (nSPS) is 17.6. The molecule has 1 aliphatic heterocycles. The summed E-state index contributed by atoms with van der Waals surface area (Å²) in [5, 5.41) is 3.15. The third-order valence-electron chi connectivity index (χ3n) is 3.95. The fourth-order valence-corrected chi connectivity index (χ4v) is 2.57. The van der Waals surface area contributed by atoms with Crippen molar-refractivity contribution >= 4 is 5.95 Å². The minimum atomic E-state index is 0.250. The van der Waals surface area contributed by atoms with Crippen molar-refractivity contribution in [2.24, 2.45) is 0 Å². The molecule has 1 aromatic heterocycles. The Morgan fingerprint density at radius 1 is 1.20 bits per heavy atom. The molecule has 0 spiro atoms. The molecule has 0 radical (unpaired) electrons. The van der Waals surface area contributed by atoms with E-state index in [4.69, 9.17) is 0 Å². The van der Waals surface area contributed by atoms with E-state index in [9.17, 15) is 0 Å². The van der Waals surface area contributed by atoms with Crippen LogP contribution in [0, 0.1) is 6.92 Å². The zero-order chi connectivity index (χ0) is 14.8. The van der Waals surface area contributed by atoms with Gasteiger partial charge in [-0.05, 0) is 34.7 Å². The molecule has 0 bridgehead atoms. The number of piperazine rings is 1. The average molecular weight is 277 g/mol. The number of aromatic nitrogens is 2. The molecule has 0 saturated carbocycles. The van der Waals surface area contributed by atoms with Crippen LogP contribution in [-0.2, 0) is 6.54 Å². The molecule has 0 aliphatic carbocycles. The van der Waals surface area contributed by atoms with Gasteiger partial charge in [0.25, 0.3) is 0 Å². The second-order valence-electron chi connectivity index (χ2n) is 6.46. The van der Waals surface area contributed by atoms with Crippen molar-refractivity contribution in [2.45, 2.75) is 39.8 Å². The van der Waals surface area contributed by atoms with Crippen LogP contribution < -0.4 is 10.2 Å². The van der Waals surface area contributed by atoms with Crippen molar-refractivity contribution in [2.75, 3.05) is 38.1 Å². The summed E-state index contributed by atoms with van der Waals surface area (Å²) in [6.45, 7) is 13.9. The Kier molecular flexibility index (Phi) is 4.60. The summed E-state index contributed by atoms with van der Waals surface area (Å²) in [4.78, 5) is 14.0. The van der Waals surface area contributed by atoms with Gasteiger partial charge in [-0.15, -0.1) is 0 Å². The number of hydrogen-bond donors (Lipinski definition) is 1. The maximum absolute atomic E-state index is 4.66. The van der Waals surface area contributed by atoms with E-state index in [1.165, 1.54) is 5.56 Å². The monoisotopic (exact) mass is 277 g/mol. The zero-order valence-corrected chi connectivity index (χ0v) is 13.4. The summed E-state index contributed by atoms with van der Waals surface area (Å²) in [7, 11) is 1.94. The van der Waals surface area contributed by atoms with Crippen LogP contribution in [0.25, 0.3) is 0 Å². The van der Waals surface area contributed by atoms with Crippen LogP contribution in [0.1, 0.15) is 32.0 Å².